The molecule has 2 N–H and O–H groups in total. The Labute approximate surface area is 138 Å². The smallest absolute Gasteiger partial charge is 0.295 e. The monoisotopic (exact) mass is 350 g/mol. The fourth-order valence-corrected chi connectivity index (χ4v) is 1.99. The van der Waals surface area contributed by atoms with Crippen molar-refractivity contribution < 1.29 is 32.3 Å². The molecular formula is C15H26O7S. The number of aldehydes is 1. The van der Waals surface area contributed by atoms with Gasteiger partial charge in [0.15, 0.2) is 12.6 Å². The first kappa shape index (κ1) is 23.9. The second-order valence-electron chi connectivity index (χ2n) is 3.93. The van der Waals surface area contributed by atoms with Crippen molar-refractivity contribution in [3.63, 3.8) is 0 Å². The minimum absolute atomic E-state index is 0.0370. The van der Waals surface area contributed by atoms with E-state index >= 15 is 0 Å². The average molecular weight is 350 g/mol. The molecule has 1 rings (SSSR count). The molecule has 0 aromatic heterocycles. The van der Waals surface area contributed by atoms with E-state index in [-0.39, 0.29) is 23.4 Å². The van der Waals surface area contributed by atoms with E-state index in [9.17, 15) is 13.2 Å². The zero-order valence-corrected chi connectivity index (χ0v) is 14.7. The second kappa shape index (κ2) is 14.3. The Balaban J connectivity index is 0. The van der Waals surface area contributed by atoms with Crippen LogP contribution in [0.25, 0.3) is 0 Å². The van der Waals surface area contributed by atoms with Crippen LogP contribution in [0, 0.1) is 0 Å². The molecule has 7 nitrogen and oxygen atoms in total. The van der Waals surface area contributed by atoms with Crippen molar-refractivity contribution in [1.29, 1.82) is 0 Å². The van der Waals surface area contributed by atoms with Crippen molar-refractivity contribution in [1.82, 2.24) is 0 Å². The van der Waals surface area contributed by atoms with Crippen LogP contribution in [0.4, 0.5) is 0 Å². The van der Waals surface area contributed by atoms with Gasteiger partial charge < -0.3 is 14.6 Å². The van der Waals surface area contributed by atoms with Crippen LogP contribution in [-0.2, 0) is 19.6 Å². The third kappa shape index (κ3) is 12.9. The Morgan fingerprint density at radius 3 is 1.87 bits per heavy atom. The molecule has 0 aliphatic heterocycles. The fourth-order valence-electron chi connectivity index (χ4n) is 1.33. The Hall–Kier alpha value is -1.32. The van der Waals surface area contributed by atoms with Crippen LogP contribution in [0.5, 0.6) is 0 Å². The van der Waals surface area contributed by atoms with Gasteiger partial charge in [-0.05, 0) is 33.8 Å². The van der Waals surface area contributed by atoms with E-state index in [1.165, 1.54) is 24.3 Å². The Kier molecular flexibility index (Phi) is 14.9. The van der Waals surface area contributed by atoms with Crippen molar-refractivity contribution in [2.45, 2.75) is 38.9 Å². The van der Waals surface area contributed by atoms with Crippen LogP contribution in [0.2, 0.25) is 0 Å². The van der Waals surface area contributed by atoms with E-state index in [0.717, 1.165) is 13.2 Å². The van der Waals surface area contributed by atoms with Gasteiger partial charge in [0.2, 0.25) is 0 Å². The highest BCUT2D eigenvalue weighted by Crippen LogP contribution is 2.12. The van der Waals surface area contributed by atoms with E-state index in [4.69, 9.17) is 19.1 Å². The lowest BCUT2D eigenvalue weighted by atomic mass is 10.2. The number of aliphatic hydroxyl groups is 1. The summed E-state index contributed by atoms with van der Waals surface area (Å²) < 4.78 is 40.0. The van der Waals surface area contributed by atoms with Gasteiger partial charge in [-0.3, -0.25) is 9.35 Å². The first-order valence-electron chi connectivity index (χ1n) is 7.14. The topological polar surface area (TPSA) is 110 Å². The molecule has 0 amide bonds. The van der Waals surface area contributed by atoms with Crippen LogP contribution in [0.15, 0.2) is 29.2 Å². The quantitative estimate of drug-likeness (QED) is 0.459. The molecule has 0 atom stereocenters. The molecule has 0 bridgehead atoms. The molecule has 0 aliphatic carbocycles. The summed E-state index contributed by atoms with van der Waals surface area (Å²) in [6, 6.07) is 5.42. The largest absolute Gasteiger partial charge is 0.397 e. The first-order valence-corrected chi connectivity index (χ1v) is 8.58. The maximum Gasteiger partial charge on any atom is 0.295 e. The number of hydrogen-bond acceptors (Lipinski definition) is 6. The summed E-state index contributed by atoms with van der Waals surface area (Å²) in [6.45, 7) is 9.18. The van der Waals surface area contributed by atoms with E-state index < -0.39 is 10.1 Å². The molecule has 0 heterocycles. The minimum Gasteiger partial charge on any atom is -0.397 e. The maximum absolute atomic E-state index is 10.6. The molecular weight excluding hydrogens is 324 g/mol. The van der Waals surface area contributed by atoms with Gasteiger partial charge in [-0.15, -0.1) is 0 Å². The van der Waals surface area contributed by atoms with Crippen LogP contribution >= 0.6 is 0 Å². The second-order valence-corrected chi connectivity index (χ2v) is 5.32. The third-order valence-corrected chi connectivity index (χ3v) is 3.05. The summed E-state index contributed by atoms with van der Waals surface area (Å²) in [5.41, 5.74) is -0.0417. The Morgan fingerprint density at radius 1 is 1.13 bits per heavy atom. The van der Waals surface area contributed by atoms with Crippen molar-refractivity contribution >= 4 is 16.4 Å². The standard InChI is InChI=1S/C7H6O4S.C6H14O2.C2H6O/c8-5-6-3-1-2-4-7(6)12(9,10)11;1-4-7-6(3)8-5-2;1-2-3/h1-5H,(H,9,10,11);6H,4-5H2,1-3H3;3H,2H2,1H3. The molecule has 0 aliphatic rings. The number of benzene rings is 1. The van der Waals surface area contributed by atoms with E-state index in [1.54, 1.807) is 6.92 Å². The van der Waals surface area contributed by atoms with Gasteiger partial charge in [0, 0.05) is 25.4 Å². The Bertz CT molecular complexity index is 508. The van der Waals surface area contributed by atoms with Gasteiger partial charge in [-0.1, -0.05) is 18.2 Å². The predicted molar refractivity (Wildman–Crippen MR) is 87.1 cm³/mol. The average Bonchev–Trinajstić information content (AvgIpc) is 2.48. The molecule has 0 fully saturated rings. The van der Waals surface area contributed by atoms with E-state index in [0.29, 0.717) is 6.29 Å². The van der Waals surface area contributed by atoms with Gasteiger partial charge >= 0.3 is 0 Å². The van der Waals surface area contributed by atoms with Crippen molar-refractivity contribution in [3.05, 3.63) is 29.8 Å². The van der Waals surface area contributed by atoms with Gasteiger partial charge in [-0.25, -0.2) is 0 Å². The zero-order valence-electron chi connectivity index (χ0n) is 13.9. The highest BCUT2D eigenvalue weighted by atomic mass is 32.2. The highest BCUT2D eigenvalue weighted by molar-refractivity contribution is 7.86. The lowest BCUT2D eigenvalue weighted by molar-refractivity contribution is -0.123. The normalized spacial score (nSPS) is 10.2. The SMILES string of the molecule is CCO.CCOC(C)OCC.O=Cc1ccccc1S(=O)(=O)O. The summed E-state index contributed by atoms with van der Waals surface area (Å²) in [4.78, 5) is 9.94. The number of rotatable bonds is 6. The number of carbonyl (C=O) groups excluding carboxylic acids is 1. The summed E-state index contributed by atoms with van der Waals surface area (Å²) in [5.74, 6) is 0. The molecule has 0 radical (unpaired) electrons. The van der Waals surface area contributed by atoms with Crippen molar-refractivity contribution in [3.8, 4) is 0 Å². The van der Waals surface area contributed by atoms with Crippen LogP contribution in [-0.4, -0.2) is 50.5 Å². The van der Waals surface area contributed by atoms with E-state index in [1.807, 2.05) is 20.8 Å². The summed E-state index contributed by atoms with van der Waals surface area (Å²) >= 11 is 0. The molecule has 0 saturated carbocycles. The van der Waals surface area contributed by atoms with Gasteiger partial charge in [0.25, 0.3) is 10.1 Å². The third-order valence-electron chi connectivity index (χ3n) is 2.13. The van der Waals surface area contributed by atoms with Crippen LogP contribution < -0.4 is 0 Å². The van der Waals surface area contributed by atoms with Gasteiger partial charge in [0.1, 0.15) is 4.90 Å². The number of ether oxygens (including phenoxy) is 2. The molecule has 8 heteroatoms. The van der Waals surface area contributed by atoms with Crippen molar-refractivity contribution in [2.75, 3.05) is 19.8 Å². The molecule has 0 unspecified atom stereocenters. The molecule has 0 spiro atoms. The molecule has 134 valence electrons. The van der Waals surface area contributed by atoms with Gasteiger partial charge in [0.05, 0.1) is 0 Å². The molecule has 23 heavy (non-hydrogen) atoms. The molecule has 0 saturated heterocycles. The number of hydrogen-bond donors (Lipinski definition) is 2. The van der Waals surface area contributed by atoms with E-state index in [2.05, 4.69) is 0 Å². The number of carbonyl (C=O) groups is 1. The zero-order chi connectivity index (χ0) is 18.3. The van der Waals surface area contributed by atoms with Crippen LogP contribution in [0.3, 0.4) is 0 Å². The van der Waals surface area contributed by atoms with Gasteiger partial charge in [-0.2, -0.15) is 8.42 Å². The lowest BCUT2D eigenvalue weighted by Crippen LogP contribution is -2.11. The minimum atomic E-state index is -4.28. The molecule has 1 aromatic rings. The number of aliphatic hydroxyl groups excluding tert-OH is 1. The summed E-state index contributed by atoms with van der Waals surface area (Å²) in [7, 11) is -4.28. The summed E-state index contributed by atoms with van der Waals surface area (Å²) in [5, 5.41) is 7.57. The van der Waals surface area contributed by atoms with Crippen molar-refractivity contribution in [2.24, 2.45) is 0 Å². The predicted octanol–water partition coefficient (Wildman–Crippen LogP) is 2.15. The first-order chi connectivity index (χ1) is 10.8. The summed E-state index contributed by atoms with van der Waals surface area (Å²) in [6.07, 6.45) is 0.341. The Morgan fingerprint density at radius 2 is 1.57 bits per heavy atom. The maximum atomic E-state index is 10.6. The van der Waals surface area contributed by atoms with Crippen LogP contribution in [0.1, 0.15) is 38.1 Å². The lowest BCUT2D eigenvalue weighted by Gasteiger charge is -2.09. The fraction of sp³-hybridized carbons (Fsp3) is 0.533. The highest BCUT2D eigenvalue weighted by Gasteiger charge is 2.13. The molecule has 1 aromatic carbocycles.